The lowest BCUT2D eigenvalue weighted by molar-refractivity contribution is -0.167. The number of ether oxygens (including phenoxy) is 3. The van der Waals surface area contributed by atoms with Gasteiger partial charge in [-0.05, 0) is 25.2 Å². The van der Waals surface area contributed by atoms with Crippen molar-refractivity contribution in [1.29, 1.82) is 0 Å². The van der Waals surface area contributed by atoms with Crippen molar-refractivity contribution in [3.8, 4) is 0 Å². The topological polar surface area (TPSA) is 78.9 Å². The van der Waals surface area contributed by atoms with Crippen LogP contribution >= 0.6 is 0 Å². The van der Waals surface area contributed by atoms with Crippen LogP contribution in [0.3, 0.4) is 0 Å². The Balaban J connectivity index is 4.27. The van der Waals surface area contributed by atoms with Crippen LogP contribution in [0.15, 0.2) is 0 Å². The first-order valence-corrected chi connectivity index (χ1v) is 29.9. The van der Waals surface area contributed by atoms with Crippen LogP contribution < -0.4 is 0 Å². The van der Waals surface area contributed by atoms with Gasteiger partial charge in [-0.1, -0.05) is 304 Å². The van der Waals surface area contributed by atoms with E-state index in [2.05, 4.69) is 27.7 Å². The molecule has 0 aromatic carbocycles. The molecule has 6 heteroatoms. The summed E-state index contributed by atoms with van der Waals surface area (Å²) in [6, 6.07) is 0. The van der Waals surface area contributed by atoms with E-state index < -0.39 is 6.10 Å². The van der Waals surface area contributed by atoms with Gasteiger partial charge < -0.3 is 14.2 Å². The third-order valence-electron chi connectivity index (χ3n) is 14.2. The molecule has 0 amide bonds. The van der Waals surface area contributed by atoms with Gasteiger partial charge >= 0.3 is 17.9 Å². The van der Waals surface area contributed by atoms with Crippen molar-refractivity contribution < 1.29 is 28.6 Å². The zero-order valence-corrected chi connectivity index (χ0v) is 45.2. The van der Waals surface area contributed by atoms with Crippen molar-refractivity contribution in [2.45, 2.75) is 348 Å². The highest BCUT2D eigenvalue weighted by Gasteiger charge is 2.19. The molecule has 392 valence electrons. The normalized spacial score (nSPS) is 12.4. The lowest BCUT2D eigenvalue weighted by atomic mass is 9.99. The molecule has 0 N–H and O–H groups in total. The fourth-order valence-electron chi connectivity index (χ4n) is 9.25. The van der Waals surface area contributed by atoms with Crippen LogP contribution in [0.1, 0.15) is 342 Å². The largest absolute Gasteiger partial charge is 0.462 e. The number of carbonyl (C=O) groups excluding carboxylic acids is 3. The van der Waals surface area contributed by atoms with E-state index in [-0.39, 0.29) is 31.1 Å². The minimum atomic E-state index is -0.762. The quantitative estimate of drug-likeness (QED) is 0.0343. The van der Waals surface area contributed by atoms with Crippen LogP contribution in [0.25, 0.3) is 0 Å². The van der Waals surface area contributed by atoms with Gasteiger partial charge in [0.05, 0.1) is 0 Å². The Labute approximate surface area is 412 Å². The standard InChI is InChI=1S/C60H116O6/c1-5-8-10-12-14-16-18-20-22-23-24-25-27-29-31-36-40-44-48-52-59(62)65-55-57(66-60(63)53-49-45-41-37-33-32-34-38-42-46-50-56(4)7-3)54-64-58(61)51-47-43-39-35-30-28-26-21-19-17-15-13-11-9-6-2/h56-57H,5-55H2,1-4H3/t56?,57-/m1/s1. The summed E-state index contributed by atoms with van der Waals surface area (Å²) < 4.78 is 16.9. The first-order valence-electron chi connectivity index (χ1n) is 29.9. The summed E-state index contributed by atoms with van der Waals surface area (Å²) in [5.74, 6) is 0.0332. The molecular formula is C60H116O6. The fourth-order valence-corrected chi connectivity index (χ4v) is 9.25. The Hall–Kier alpha value is -1.59. The van der Waals surface area contributed by atoms with Crippen LogP contribution in [0, 0.1) is 5.92 Å². The van der Waals surface area contributed by atoms with Gasteiger partial charge in [0.25, 0.3) is 0 Å². The second-order valence-electron chi connectivity index (χ2n) is 20.9. The number of hydrogen-bond acceptors (Lipinski definition) is 6. The number of rotatable bonds is 55. The second kappa shape index (κ2) is 54.4. The highest BCUT2D eigenvalue weighted by atomic mass is 16.6. The molecule has 0 bridgehead atoms. The van der Waals surface area contributed by atoms with Crippen molar-refractivity contribution in [3.63, 3.8) is 0 Å². The molecule has 0 aromatic rings. The molecule has 0 aromatic heterocycles. The minimum Gasteiger partial charge on any atom is -0.462 e. The van der Waals surface area contributed by atoms with Crippen molar-refractivity contribution >= 4 is 17.9 Å². The van der Waals surface area contributed by atoms with E-state index in [1.54, 1.807) is 0 Å². The molecule has 2 atom stereocenters. The Morgan fingerprint density at radius 1 is 0.303 bits per heavy atom. The van der Waals surface area contributed by atoms with Crippen LogP contribution in [0.4, 0.5) is 0 Å². The van der Waals surface area contributed by atoms with Gasteiger partial charge in [0.1, 0.15) is 13.2 Å². The SMILES string of the molecule is CCCCCCCCCCCCCCCCCCCCCC(=O)OC[C@@H](COC(=O)CCCCCCCCCCCCCCCCC)OC(=O)CCCCCCCCCCCCC(C)CC. The Morgan fingerprint density at radius 3 is 0.788 bits per heavy atom. The maximum Gasteiger partial charge on any atom is 0.306 e. The smallest absolute Gasteiger partial charge is 0.306 e. The maximum absolute atomic E-state index is 12.9. The molecule has 0 heterocycles. The molecule has 0 spiro atoms. The van der Waals surface area contributed by atoms with E-state index >= 15 is 0 Å². The zero-order valence-electron chi connectivity index (χ0n) is 45.2. The van der Waals surface area contributed by atoms with E-state index in [1.165, 1.54) is 238 Å². The fraction of sp³-hybridized carbons (Fsp3) is 0.950. The van der Waals surface area contributed by atoms with Gasteiger partial charge in [0.15, 0.2) is 6.10 Å². The molecule has 0 aliphatic carbocycles. The summed E-state index contributed by atoms with van der Waals surface area (Å²) in [5, 5.41) is 0. The van der Waals surface area contributed by atoms with Crippen molar-refractivity contribution in [2.24, 2.45) is 5.92 Å². The molecule has 1 unspecified atom stereocenters. The third-order valence-corrected chi connectivity index (χ3v) is 14.2. The summed E-state index contributed by atoms with van der Waals surface area (Å²) >= 11 is 0. The number of carbonyl (C=O) groups is 3. The summed E-state index contributed by atoms with van der Waals surface area (Å²) in [4.78, 5) is 38.2. The first kappa shape index (κ1) is 64.4. The van der Waals surface area contributed by atoms with Gasteiger partial charge in [0.2, 0.25) is 0 Å². The molecule has 0 radical (unpaired) electrons. The maximum atomic E-state index is 12.9. The Bertz CT molecular complexity index is 998. The molecule has 0 aliphatic heterocycles. The van der Waals surface area contributed by atoms with Gasteiger partial charge in [0, 0.05) is 19.3 Å². The van der Waals surface area contributed by atoms with Gasteiger partial charge in [-0.2, -0.15) is 0 Å². The summed E-state index contributed by atoms with van der Waals surface area (Å²) in [7, 11) is 0. The van der Waals surface area contributed by atoms with E-state index in [0.717, 1.165) is 63.7 Å². The van der Waals surface area contributed by atoms with Crippen LogP contribution in [-0.2, 0) is 28.6 Å². The molecule has 0 saturated heterocycles. The molecule has 0 fully saturated rings. The molecule has 6 nitrogen and oxygen atoms in total. The molecular weight excluding hydrogens is 817 g/mol. The first-order chi connectivity index (χ1) is 32.4. The van der Waals surface area contributed by atoms with Crippen molar-refractivity contribution in [3.05, 3.63) is 0 Å². The van der Waals surface area contributed by atoms with Gasteiger partial charge in [-0.3, -0.25) is 14.4 Å². The highest BCUT2D eigenvalue weighted by molar-refractivity contribution is 5.71. The minimum absolute atomic E-state index is 0.0619. The second-order valence-corrected chi connectivity index (χ2v) is 20.9. The van der Waals surface area contributed by atoms with Gasteiger partial charge in [-0.15, -0.1) is 0 Å². The van der Waals surface area contributed by atoms with E-state index in [4.69, 9.17) is 14.2 Å². The van der Waals surface area contributed by atoms with Gasteiger partial charge in [-0.25, -0.2) is 0 Å². The summed E-state index contributed by atoms with van der Waals surface area (Å²) in [5.41, 5.74) is 0. The average Bonchev–Trinajstić information content (AvgIpc) is 3.32. The lowest BCUT2D eigenvalue weighted by Crippen LogP contribution is -2.30. The molecule has 0 rings (SSSR count). The van der Waals surface area contributed by atoms with Crippen molar-refractivity contribution in [2.75, 3.05) is 13.2 Å². The summed E-state index contributed by atoms with van der Waals surface area (Å²) in [6.07, 6.45) is 59.5. The molecule has 66 heavy (non-hydrogen) atoms. The third kappa shape index (κ3) is 51.8. The lowest BCUT2D eigenvalue weighted by Gasteiger charge is -2.18. The van der Waals surface area contributed by atoms with Crippen LogP contribution in [0.5, 0.6) is 0 Å². The monoisotopic (exact) mass is 933 g/mol. The van der Waals surface area contributed by atoms with Crippen LogP contribution in [0.2, 0.25) is 0 Å². The van der Waals surface area contributed by atoms with Crippen molar-refractivity contribution in [1.82, 2.24) is 0 Å². The number of hydrogen-bond donors (Lipinski definition) is 0. The average molecular weight is 934 g/mol. The zero-order chi connectivity index (χ0) is 48.1. The van der Waals surface area contributed by atoms with Crippen LogP contribution in [-0.4, -0.2) is 37.2 Å². The number of unbranched alkanes of at least 4 members (excludes halogenated alkanes) is 41. The molecule has 0 aliphatic rings. The highest BCUT2D eigenvalue weighted by Crippen LogP contribution is 2.19. The van der Waals surface area contributed by atoms with E-state index in [0.29, 0.717) is 19.3 Å². The van der Waals surface area contributed by atoms with E-state index in [1.807, 2.05) is 0 Å². The predicted molar refractivity (Wildman–Crippen MR) is 284 cm³/mol. The Kier molecular flexibility index (Phi) is 53.0. The predicted octanol–water partition coefficient (Wildman–Crippen LogP) is 19.8. The molecule has 0 saturated carbocycles. The number of esters is 3. The van der Waals surface area contributed by atoms with E-state index in [9.17, 15) is 14.4 Å². The Morgan fingerprint density at radius 2 is 0.530 bits per heavy atom. The summed E-state index contributed by atoms with van der Waals surface area (Å²) in [6.45, 7) is 9.09.